The molecule has 0 radical (unpaired) electrons. The number of rotatable bonds is 3. The van der Waals surface area contributed by atoms with E-state index in [4.69, 9.17) is 9.63 Å². The molecule has 2 aromatic rings. The van der Waals surface area contributed by atoms with Crippen molar-refractivity contribution in [3.8, 4) is 11.3 Å². The zero-order valence-corrected chi connectivity index (χ0v) is 11.3. The highest BCUT2D eigenvalue weighted by atomic mass is 16.5. The van der Waals surface area contributed by atoms with Gasteiger partial charge in [-0.3, -0.25) is 4.90 Å². The topological polar surface area (TPSA) is 86.9 Å². The van der Waals surface area contributed by atoms with E-state index in [1.165, 1.54) is 6.07 Å². The Morgan fingerprint density at radius 1 is 1.29 bits per heavy atom. The Hall–Kier alpha value is -2.83. The normalized spacial score (nSPS) is 14.8. The van der Waals surface area contributed by atoms with E-state index in [9.17, 15) is 9.59 Å². The van der Waals surface area contributed by atoms with Gasteiger partial charge in [-0.15, -0.1) is 0 Å². The second-order valence-corrected chi connectivity index (χ2v) is 4.78. The van der Waals surface area contributed by atoms with Crippen molar-refractivity contribution in [2.75, 3.05) is 25.0 Å². The third kappa shape index (κ3) is 2.33. The molecule has 0 unspecified atom stereocenters. The van der Waals surface area contributed by atoms with Crippen LogP contribution in [0.15, 0.2) is 34.9 Å². The molecule has 1 aromatic heterocycles. The van der Waals surface area contributed by atoms with E-state index in [-0.39, 0.29) is 11.7 Å². The van der Waals surface area contributed by atoms with Crippen LogP contribution in [-0.4, -0.2) is 47.3 Å². The highest BCUT2D eigenvalue weighted by Gasteiger charge is 2.26. The summed E-state index contributed by atoms with van der Waals surface area (Å²) in [5, 5.41) is 12.3. The Kier molecular flexibility index (Phi) is 3.09. The van der Waals surface area contributed by atoms with E-state index in [0.29, 0.717) is 24.4 Å². The fourth-order valence-corrected chi connectivity index (χ4v) is 2.20. The van der Waals surface area contributed by atoms with Crippen molar-refractivity contribution in [2.24, 2.45) is 0 Å². The fourth-order valence-electron chi connectivity index (χ4n) is 2.20. The van der Waals surface area contributed by atoms with Gasteiger partial charge in [0.1, 0.15) is 0 Å². The number of aromatic carboxylic acids is 1. The molecule has 0 aliphatic carbocycles. The summed E-state index contributed by atoms with van der Waals surface area (Å²) in [4.78, 5) is 26.0. The molecule has 1 aliphatic heterocycles. The summed E-state index contributed by atoms with van der Waals surface area (Å²) in [6.07, 6.45) is 0. The number of anilines is 1. The van der Waals surface area contributed by atoms with E-state index in [1.807, 2.05) is 0 Å². The molecule has 0 saturated carbocycles. The summed E-state index contributed by atoms with van der Waals surface area (Å²) in [6.45, 7) is 1.35. The maximum atomic E-state index is 11.9. The summed E-state index contributed by atoms with van der Waals surface area (Å²) in [6, 6.07) is 8.48. The molecule has 7 nitrogen and oxygen atoms in total. The van der Waals surface area contributed by atoms with Gasteiger partial charge in [-0.1, -0.05) is 5.16 Å². The Morgan fingerprint density at radius 3 is 2.52 bits per heavy atom. The molecule has 0 bridgehead atoms. The average Bonchev–Trinajstić information content (AvgIpc) is 3.08. The predicted molar refractivity (Wildman–Crippen MR) is 74.3 cm³/mol. The van der Waals surface area contributed by atoms with Crippen LogP contribution in [0.2, 0.25) is 0 Å². The number of carbonyl (C=O) groups excluding carboxylic acids is 1. The van der Waals surface area contributed by atoms with Gasteiger partial charge >= 0.3 is 12.0 Å². The maximum absolute atomic E-state index is 11.9. The quantitative estimate of drug-likeness (QED) is 0.931. The molecule has 0 spiro atoms. The van der Waals surface area contributed by atoms with Gasteiger partial charge in [0.05, 0.1) is 0 Å². The first-order valence-corrected chi connectivity index (χ1v) is 6.39. The summed E-state index contributed by atoms with van der Waals surface area (Å²) in [5.41, 5.74) is 1.37. The second kappa shape index (κ2) is 4.93. The first kappa shape index (κ1) is 13.2. The van der Waals surface area contributed by atoms with Crippen LogP contribution in [0.25, 0.3) is 11.3 Å². The molecule has 108 valence electrons. The van der Waals surface area contributed by atoms with Crippen LogP contribution < -0.4 is 4.90 Å². The Labute approximate surface area is 120 Å². The lowest BCUT2D eigenvalue weighted by molar-refractivity contribution is 0.0686. The lowest BCUT2D eigenvalue weighted by Gasteiger charge is -2.16. The number of hydrogen-bond donors (Lipinski definition) is 1. The van der Waals surface area contributed by atoms with Crippen molar-refractivity contribution < 1.29 is 19.2 Å². The Bertz CT molecular complexity index is 692. The number of carboxylic acid groups (broad SMARTS) is 1. The van der Waals surface area contributed by atoms with Gasteiger partial charge in [-0.2, -0.15) is 0 Å². The van der Waals surface area contributed by atoms with Crippen LogP contribution in [0.3, 0.4) is 0 Å². The third-order valence-corrected chi connectivity index (χ3v) is 3.41. The molecule has 0 atom stereocenters. The van der Waals surface area contributed by atoms with Crippen molar-refractivity contribution in [1.29, 1.82) is 0 Å². The molecule has 3 rings (SSSR count). The second-order valence-electron chi connectivity index (χ2n) is 4.78. The van der Waals surface area contributed by atoms with Crippen LogP contribution in [0.4, 0.5) is 10.5 Å². The summed E-state index contributed by atoms with van der Waals surface area (Å²) in [7, 11) is 1.76. The van der Waals surface area contributed by atoms with E-state index >= 15 is 0 Å². The third-order valence-electron chi connectivity index (χ3n) is 3.41. The van der Waals surface area contributed by atoms with Gasteiger partial charge in [0.2, 0.25) is 0 Å². The average molecular weight is 287 g/mol. The molecule has 7 heteroatoms. The van der Waals surface area contributed by atoms with Gasteiger partial charge in [-0.05, 0) is 24.3 Å². The lowest BCUT2D eigenvalue weighted by Crippen LogP contribution is -2.29. The van der Waals surface area contributed by atoms with Crippen LogP contribution in [0.1, 0.15) is 10.5 Å². The summed E-state index contributed by atoms with van der Waals surface area (Å²) >= 11 is 0. The minimum Gasteiger partial charge on any atom is -0.476 e. The minimum atomic E-state index is -1.13. The number of urea groups is 1. The van der Waals surface area contributed by atoms with E-state index < -0.39 is 5.97 Å². The zero-order chi connectivity index (χ0) is 15.0. The molecule has 1 fully saturated rings. The molecule has 1 saturated heterocycles. The number of likely N-dealkylation sites (N-methyl/N-ethyl adjacent to an activating group) is 1. The number of benzene rings is 1. The Morgan fingerprint density at radius 2 is 2.00 bits per heavy atom. The van der Waals surface area contributed by atoms with Crippen molar-refractivity contribution >= 4 is 17.7 Å². The van der Waals surface area contributed by atoms with Crippen molar-refractivity contribution in [3.05, 3.63) is 36.0 Å². The van der Waals surface area contributed by atoms with E-state index in [2.05, 4.69) is 5.16 Å². The van der Waals surface area contributed by atoms with Crippen molar-refractivity contribution in [2.45, 2.75) is 0 Å². The highest BCUT2D eigenvalue weighted by molar-refractivity contribution is 5.94. The molecule has 21 heavy (non-hydrogen) atoms. The largest absolute Gasteiger partial charge is 0.476 e. The maximum Gasteiger partial charge on any atom is 0.358 e. The number of nitrogens with zero attached hydrogens (tertiary/aromatic N) is 3. The smallest absolute Gasteiger partial charge is 0.358 e. The fraction of sp³-hybridized carbons (Fsp3) is 0.214. The summed E-state index contributed by atoms with van der Waals surface area (Å²) < 4.78 is 5.00. The van der Waals surface area contributed by atoms with E-state index in [0.717, 1.165) is 5.69 Å². The van der Waals surface area contributed by atoms with Gasteiger partial charge in [-0.25, -0.2) is 9.59 Å². The van der Waals surface area contributed by atoms with Gasteiger partial charge in [0.25, 0.3) is 0 Å². The minimum absolute atomic E-state index is 0.0319. The molecule has 1 aliphatic rings. The SMILES string of the molecule is CN1CCN(c2ccc(-c3cc(C(=O)O)no3)cc2)C1=O. The standard InChI is InChI=1S/C14H13N3O4/c1-16-6-7-17(14(16)20)10-4-2-9(3-5-10)12-8-11(13(18)19)15-21-12/h2-5,8H,6-7H2,1H3,(H,18,19). The number of hydrogen-bond acceptors (Lipinski definition) is 4. The molecular formula is C14H13N3O4. The van der Waals surface area contributed by atoms with Gasteiger partial charge in [0, 0.05) is 37.5 Å². The molecule has 2 heterocycles. The highest BCUT2D eigenvalue weighted by Crippen LogP contribution is 2.25. The number of amides is 2. The lowest BCUT2D eigenvalue weighted by atomic mass is 10.1. The summed E-state index contributed by atoms with van der Waals surface area (Å²) in [5.74, 6) is -0.754. The van der Waals surface area contributed by atoms with Crippen molar-refractivity contribution in [3.63, 3.8) is 0 Å². The number of aromatic nitrogens is 1. The Balaban J connectivity index is 1.83. The molecule has 2 amide bonds. The van der Waals surface area contributed by atoms with Crippen LogP contribution >= 0.6 is 0 Å². The van der Waals surface area contributed by atoms with Crippen molar-refractivity contribution in [1.82, 2.24) is 10.1 Å². The number of carbonyl (C=O) groups is 2. The predicted octanol–water partition coefficient (Wildman–Crippen LogP) is 1.91. The van der Waals surface area contributed by atoms with Gasteiger partial charge < -0.3 is 14.5 Å². The number of carboxylic acids is 1. The zero-order valence-electron chi connectivity index (χ0n) is 11.3. The molecular weight excluding hydrogens is 274 g/mol. The molecule has 1 N–H and O–H groups in total. The molecule has 1 aromatic carbocycles. The van der Waals surface area contributed by atoms with Crippen LogP contribution in [-0.2, 0) is 0 Å². The van der Waals surface area contributed by atoms with Gasteiger partial charge in [0.15, 0.2) is 11.5 Å². The van der Waals surface area contributed by atoms with Crippen LogP contribution in [0, 0.1) is 0 Å². The van der Waals surface area contributed by atoms with E-state index in [1.54, 1.807) is 41.1 Å². The van der Waals surface area contributed by atoms with Crippen LogP contribution in [0.5, 0.6) is 0 Å². The first-order chi connectivity index (χ1) is 10.1. The monoisotopic (exact) mass is 287 g/mol. The first-order valence-electron chi connectivity index (χ1n) is 6.39.